The van der Waals surface area contributed by atoms with E-state index >= 15 is 0 Å². The lowest BCUT2D eigenvalue weighted by Crippen LogP contribution is -1.99. The lowest BCUT2D eigenvalue weighted by Gasteiger charge is -2.00. The van der Waals surface area contributed by atoms with Crippen LogP contribution >= 0.6 is 0 Å². The van der Waals surface area contributed by atoms with Crippen LogP contribution in [0.2, 0.25) is 0 Å². The monoisotopic (exact) mass is 190 g/mol. The molecule has 0 aliphatic carbocycles. The van der Waals surface area contributed by atoms with Gasteiger partial charge in [0.1, 0.15) is 0 Å². The molecule has 74 valence electrons. The van der Waals surface area contributed by atoms with Gasteiger partial charge in [-0.1, -0.05) is 0 Å². The van der Waals surface area contributed by atoms with Gasteiger partial charge >= 0.3 is 0 Å². The summed E-state index contributed by atoms with van der Waals surface area (Å²) in [5.74, 6) is 0. The molecule has 2 rings (SSSR count). The average Bonchev–Trinajstić information content (AvgIpc) is 2.55. The Morgan fingerprint density at radius 1 is 0.857 bits per heavy atom. The van der Waals surface area contributed by atoms with Crippen molar-refractivity contribution in [3.63, 3.8) is 0 Å². The summed E-state index contributed by atoms with van der Waals surface area (Å²) in [7, 11) is 3.90. The predicted octanol–water partition coefficient (Wildman–Crippen LogP) is 1.44. The Kier molecular flexibility index (Phi) is 1.91. The summed E-state index contributed by atoms with van der Waals surface area (Å²) in [6.07, 6.45) is 0. The second-order valence-corrected chi connectivity index (χ2v) is 3.59. The van der Waals surface area contributed by atoms with E-state index in [4.69, 9.17) is 0 Å². The molecule has 0 unspecified atom stereocenters. The molecule has 14 heavy (non-hydrogen) atoms. The van der Waals surface area contributed by atoms with E-state index in [9.17, 15) is 0 Å². The normalized spacial score (nSPS) is 10.9. The minimum absolute atomic E-state index is 1.03. The van der Waals surface area contributed by atoms with E-state index in [1.807, 2.05) is 37.3 Å². The van der Waals surface area contributed by atoms with Crippen molar-refractivity contribution in [2.24, 2.45) is 14.1 Å². The molecule has 0 saturated heterocycles. The molecule has 0 amide bonds. The van der Waals surface area contributed by atoms with Crippen LogP contribution in [0.3, 0.4) is 0 Å². The topological polar surface area (TPSA) is 35.6 Å². The molecule has 2 heterocycles. The van der Waals surface area contributed by atoms with Crippen LogP contribution in [-0.4, -0.2) is 19.6 Å². The third-order valence-electron chi connectivity index (χ3n) is 2.27. The molecule has 0 bridgehead atoms. The molecule has 0 fully saturated rings. The van der Waals surface area contributed by atoms with Crippen LogP contribution < -0.4 is 0 Å². The van der Waals surface area contributed by atoms with E-state index in [0.29, 0.717) is 0 Å². The zero-order valence-corrected chi connectivity index (χ0v) is 8.94. The molecule has 0 atom stereocenters. The maximum absolute atomic E-state index is 4.31. The molecule has 0 aliphatic heterocycles. The highest BCUT2D eigenvalue weighted by atomic mass is 15.3. The van der Waals surface area contributed by atoms with E-state index in [-0.39, 0.29) is 0 Å². The second kappa shape index (κ2) is 2.97. The lowest BCUT2D eigenvalue weighted by molar-refractivity contribution is 0.729. The van der Waals surface area contributed by atoms with Crippen molar-refractivity contribution >= 4 is 0 Å². The minimum atomic E-state index is 1.03. The summed E-state index contributed by atoms with van der Waals surface area (Å²) in [4.78, 5) is 0. The lowest BCUT2D eigenvalue weighted by atomic mass is 10.2. The molecule has 2 aromatic rings. The van der Waals surface area contributed by atoms with Gasteiger partial charge in [0, 0.05) is 14.1 Å². The average molecular weight is 190 g/mol. The highest BCUT2D eigenvalue weighted by Gasteiger charge is 2.09. The van der Waals surface area contributed by atoms with Crippen LogP contribution in [0.4, 0.5) is 0 Å². The molecular weight excluding hydrogens is 176 g/mol. The number of nitrogens with zero attached hydrogens (tertiary/aromatic N) is 4. The van der Waals surface area contributed by atoms with Crippen LogP contribution in [0.1, 0.15) is 11.4 Å². The molecule has 0 aromatic carbocycles. The van der Waals surface area contributed by atoms with Crippen molar-refractivity contribution in [3.8, 4) is 11.4 Å². The van der Waals surface area contributed by atoms with Crippen LogP contribution in [0.25, 0.3) is 11.4 Å². The Morgan fingerprint density at radius 2 is 1.21 bits per heavy atom. The second-order valence-electron chi connectivity index (χ2n) is 3.59. The van der Waals surface area contributed by atoms with Gasteiger partial charge in [-0.25, -0.2) is 0 Å². The minimum Gasteiger partial charge on any atom is -0.266 e. The molecule has 0 saturated carbocycles. The molecule has 0 N–H and O–H groups in total. The van der Waals surface area contributed by atoms with Gasteiger partial charge < -0.3 is 0 Å². The first-order valence-corrected chi connectivity index (χ1v) is 4.59. The molecular formula is C10H14N4. The van der Waals surface area contributed by atoms with Crippen molar-refractivity contribution in [2.75, 3.05) is 0 Å². The molecule has 0 aliphatic rings. The summed E-state index contributed by atoms with van der Waals surface area (Å²) >= 11 is 0. The summed E-state index contributed by atoms with van der Waals surface area (Å²) < 4.78 is 3.76. The van der Waals surface area contributed by atoms with E-state index < -0.39 is 0 Å². The van der Waals surface area contributed by atoms with Gasteiger partial charge in [0.25, 0.3) is 0 Å². The Balaban J connectivity index is 2.59. The van der Waals surface area contributed by atoms with E-state index in [2.05, 4.69) is 22.3 Å². The Bertz CT molecular complexity index is 420. The van der Waals surface area contributed by atoms with Crippen LogP contribution in [0.5, 0.6) is 0 Å². The van der Waals surface area contributed by atoms with E-state index in [1.165, 1.54) is 0 Å². The number of hydrogen-bond donors (Lipinski definition) is 0. The van der Waals surface area contributed by atoms with Crippen molar-refractivity contribution < 1.29 is 0 Å². The fraction of sp³-hybridized carbons (Fsp3) is 0.400. The van der Waals surface area contributed by atoms with Crippen molar-refractivity contribution in [1.82, 2.24) is 19.6 Å². The summed E-state index contributed by atoms with van der Waals surface area (Å²) in [5.41, 5.74) is 4.26. The van der Waals surface area contributed by atoms with Gasteiger partial charge in [-0.05, 0) is 26.0 Å². The van der Waals surface area contributed by atoms with Gasteiger partial charge in [-0.3, -0.25) is 9.36 Å². The molecule has 0 radical (unpaired) electrons. The third kappa shape index (κ3) is 1.32. The molecule has 4 heteroatoms. The van der Waals surface area contributed by atoms with Gasteiger partial charge in [0.2, 0.25) is 0 Å². The summed E-state index contributed by atoms with van der Waals surface area (Å²) in [6, 6.07) is 4.13. The summed E-state index contributed by atoms with van der Waals surface area (Å²) in [6.45, 7) is 3.99. The van der Waals surface area contributed by atoms with Crippen LogP contribution in [0, 0.1) is 13.8 Å². The maximum atomic E-state index is 4.31. The van der Waals surface area contributed by atoms with E-state index in [1.54, 1.807) is 0 Å². The van der Waals surface area contributed by atoms with E-state index in [0.717, 1.165) is 22.8 Å². The first kappa shape index (κ1) is 8.99. The van der Waals surface area contributed by atoms with Crippen molar-refractivity contribution in [3.05, 3.63) is 23.5 Å². The van der Waals surface area contributed by atoms with Crippen LogP contribution in [0.15, 0.2) is 12.1 Å². The number of aromatic nitrogens is 4. The predicted molar refractivity (Wildman–Crippen MR) is 54.9 cm³/mol. The quantitative estimate of drug-likeness (QED) is 0.682. The molecule has 4 nitrogen and oxygen atoms in total. The molecule has 0 spiro atoms. The number of hydrogen-bond acceptors (Lipinski definition) is 2. The number of rotatable bonds is 1. The SMILES string of the molecule is Cc1cc(-c2cc(C)nn2C)n(C)n1. The maximum Gasteiger partial charge on any atom is 0.0862 e. The highest BCUT2D eigenvalue weighted by molar-refractivity contribution is 5.56. The van der Waals surface area contributed by atoms with Crippen molar-refractivity contribution in [2.45, 2.75) is 13.8 Å². The Morgan fingerprint density at radius 3 is 1.43 bits per heavy atom. The smallest absolute Gasteiger partial charge is 0.0862 e. The zero-order valence-electron chi connectivity index (χ0n) is 8.94. The third-order valence-corrected chi connectivity index (χ3v) is 2.27. The van der Waals surface area contributed by atoms with Gasteiger partial charge in [-0.2, -0.15) is 10.2 Å². The van der Waals surface area contributed by atoms with Gasteiger partial charge in [0.05, 0.1) is 22.8 Å². The standard InChI is InChI=1S/C10H14N4/c1-7-5-9(13(3)11-7)10-6-8(2)12-14(10)4/h5-6H,1-4H3. The first-order chi connectivity index (χ1) is 6.58. The molecule has 2 aromatic heterocycles. The largest absolute Gasteiger partial charge is 0.266 e. The van der Waals surface area contributed by atoms with Crippen molar-refractivity contribution in [1.29, 1.82) is 0 Å². The fourth-order valence-electron chi connectivity index (χ4n) is 1.70. The zero-order chi connectivity index (χ0) is 10.3. The van der Waals surface area contributed by atoms with Crippen LogP contribution in [-0.2, 0) is 14.1 Å². The number of aryl methyl sites for hydroxylation is 4. The Hall–Kier alpha value is -1.58. The van der Waals surface area contributed by atoms with Gasteiger partial charge in [-0.15, -0.1) is 0 Å². The first-order valence-electron chi connectivity index (χ1n) is 4.59. The van der Waals surface area contributed by atoms with Gasteiger partial charge in [0.15, 0.2) is 0 Å². The summed E-state index contributed by atoms with van der Waals surface area (Å²) in [5, 5.41) is 8.63. The fourth-order valence-corrected chi connectivity index (χ4v) is 1.70. The highest BCUT2D eigenvalue weighted by Crippen LogP contribution is 2.19. The Labute approximate surface area is 83.2 Å².